The molecular weight excluding hydrogens is 192 g/mol. The van der Waals surface area contributed by atoms with Gasteiger partial charge in [0.15, 0.2) is 0 Å². The van der Waals surface area contributed by atoms with Crippen molar-refractivity contribution < 1.29 is 4.42 Å². The number of nitrogens with zero attached hydrogens (tertiary/aromatic N) is 1. The Balaban J connectivity index is 2.60. The Morgan fingerprint density at radius 3 is 3.00 bits per heavy atom. The van der Waals surface area contributed by atoms with Crippen molar-refractivity contribution in [1.29, 1.82) is 0 Å². The van der Waals surface area contributed by atoms with E-state index in [1.165, 1.54) is 12.5 Å². The first-order valence-electron chi connectivity index (χ1n) is 3.56. The van der Waals surface area contributed by atoms with Gasteiger partial charge in [0.1, 0.15) is 10.9 Å². The largest absolute Gasteiger partial charge is 0.464 e. The van der Waals surface area contributed by atoms with Crippen LogP contribution in [0.5, 0.6) is 0 Å². The van der Waals surface area contributed by atoms with Gasteiger partial charge in [0, 0.05) is 6.20 Å². The highest BCUT2D eigenvalue weighted by Crippen LogP contribution is 2.23. The molecule has 2 heterocycles. The molecule has 0 unspecified atom stereocenters. The predicted molar refractivity (Wildman–Crippen MR) is 47.6 cm³/mol. The van der Waals surface area contributed by atoms with E-state index in [0.717, 1.165) is 0 Å². The first-order chi connectivity index (χ1) is 6.27. The van der Waals surface area contributed by atoms with E-state index in [0.29, 0.717) is 11.3 Å². The van der Waals surface area contributed by atoms with Crippen LogP contribution in [-0.2, 0) is 0 Å². The van der Waals surface area contributed by atoms with Gasteiger partial charge in [0.2, 0.25) is 0 Å². The molecule has 0 saturated heterocycles. The Bertz CT molecular complexity index is 461. The molecule has 0 aliphatic rings. The first kappa shape index (κ1) is 8.07. The molecule has 0 spiro atoms. The van der Waals surface area contributed by atoms with Crippen molar-refractivity contribution >= 4 is 11.6 Å². The minimum Gasteiger partial charge on any atom is -0.464 e. The van der Waals surface area contributed by atoms with E-state index >= 15 is 0 Å². The lowest BCUT2D eigenvalue weighted by Crippen LogP contribution is -2.09. The number of aromatic amines is 1. The van der Waals surface area contributed by atoms with Crippen LogP contribution >= 0.6 is 11.6 Å². The summed E-state index contributed by atoms with van der Waals surface area (Å²) in [5.41, 5.74) is 0.103. The van der Waals surface area contributed by atoms with Gasteiger partial charge in [-0.15, -0.1) is 0 Å². The van der Waals surface area contributed by atoms with E-state index < -0.39 is 5.69 Å². The van der Waals surface area contributed by atoms with Crippen LogP contribution in [-0.4, -0.2) is 9.97 Å². The molecule has 0 aliphatic carbocycles. The zero-order valence-electron chi connectivity index (χ0n) is 6.45. The van der Waals surface area contributed by atoms with Crippen molar-refractivity contribution in [2.45, 2.75) is 0 Å². The highest BCUT2D eigenvalue weighted by atomic mass is 35.5. The SMILES string of the molecule is O=c1ncc(-c2ccco2)c(Cl)[nH]1. The van der Waals surface area contributed by atoms with Crippen LogP contribution in [0.3, 0.4) is 0 Å². The molecule has 2 rings (SSSR count). The second-order valence-corrected chi connectivity index (χ2v) is 2.77. The Labute approximate surface area is 78.2 Å². The fourth-order valence-electron chi connectivity index (χ4n) is 0.977. The summed E-state index contributed by atoms with van der Waals surface area (Å²) in [5, 5.41) is 0.231. The summed E-state index contributed by atoms with van der Waals surface area (Å²) >= 11 is 5.77. The summed E-state index contributed by atoms with van der Waals surface area (Å²) in [6.07, 6.45) is 2.90. The minimum absolute atomic E-state index is 0.231. The lowest BCUT2D eigenvalue weighted by molar-refractivity contribution is 0.581. The Kier molecular flexibility index (Phi) is 1.90. The minimum atomic E-state index is -0.472. The van der Waals surface area contributed by atoms with Gasteiger partial charge in [-0.3, -0.25) is 4.98 Å². The van der Waals surface area contributed by atoms with Crippen molar-refractivity contribution in [3.8, 4) is 11.3 Å². The fraction of sp³-hybridized carbons (Fsp3) is 0. The Morgan fingerprint density at radius 1 is 1.54 bits per heavy atom. The van der Waals surface area contributed by atoms with E-state index in [1.54, 1.807) is 12.1 Å². The first-order valence-corrected chi connectivity index (χ1v) is 3.94. The molecule has 0 atom stereocenters. The molecule has 0 aromatic carbocycles. The van der Waals surface area contributed by atoms with Gasteiger partial charge in [0.25, 0.3) is 0 Å². The third-order valence-corrected chi connectivity index (χ3v) is 1.85. The molecule has 0 saturated carbocycles. The number of rotatable bonds is 1. The fourth-order valence-corrected chi connectivity index (χ4v) is 1.20. The van der Waals surface area contributed by atoms with Crippen molar-refractivity contribution in [3.05, 3.63) is 40.2 Å². The zero-order chi connectivity index (χ0) is 9.26. The maximum atomic E-state index is 10.7. The average molecular weight is 197 g/mol. The van der Waals surface area contributed by atoms with Crippen LogP contribution in [0, 0.1) is 0 Å². The summed E-state index contributed by atoms with van der Waals surface area (Å²) in [5.74, 6) is 0.578. The second-order valence-electron chi connectivity index (χ2n) is 2.39. The molecule has 0 radical (unpaired) electrons. The highest BCUT2D eigenvalue weighted by molar-refractivity contribution is 6.31. The smallest absolute Gasteiger partial charge is 0.346 e. The summed E-state index contributed by atoms with van der Waals surface area (Å²) in [6, 6.07) is 3.47. The standard InChI is InChI=1S/C8H5ClN2O2/c9-7-5(4-10-8(12)11-7)6-2-1-3-13-6/h1-4H,(H,10,11,12). The normalized spacial score (nSPS) is 10.2. The van der Waals surface area contributed by atoms with Crippen LogP contribution in [0.4, 0.5) is 0 Å². The van der Waals surface area contributed by atoms with Gasteiger partial charge in [-0.05, 0) is 12.1 Å². The summed E-state index contributed by atoms with van der Waals surface area (Å²) in [4.78, 5) is 16.6. The van der Waals surface area contributed by atoms with Crippen LogP contribution in [0.15, 0.2) is 33.8 Å². The van der Waals surface area contributed by atoms with Crippen molar-refractivity contribution in [3.63, 3.8) is 0 Å². The summed E-state index contributed by atoms with van der Waals surface area (Å²) in [7, 11) is 0. The van der Waals surface area contributed by atoms with Crippen LogP contribution < -0.4 is 5.69 Å². The monoisotopic (exact) mass is 196 g/mol. The Hall–Kier alpha value is -1.55. The van der Waals surface area contributed by atoms with Crippen LogP contribution in [0.1, 0.15) is 0 Å². The molecule has 0 bridgehead atoms. The molecule has 13 heavy (non-hydrogen) atoms. The Morgan fingerprint density at radius 2 is 2.38 bits per heavy atom. The maximum absolute atomic E-state index is 10.7. The van der Waals surface area contributed by atoms with E-state index in [1.807, 2.05) is 0 Å². The molecule has 0 amide bonds. The quantitative estimate of drug-likeness (QED) is 0.706. The van der Waals surface area contributed by atoms with Crippen LogP contribution in [0.2, 0.25) is 5.15 Å². The molecule has 0 fully saturated rings. The predicted octanol–water partition coefficient (Wildman–Crippen LogP) is 1.68. The second kappa shape index (κ2) is 3.06. The van der Waals surface area contributed by atoms with Gasteiger partial charge in [-0.25, -0.2) is 9.78 Å². The number of aromatic nitrogens is 2. The third kappa shape index (κ3) is 1.48. The molecule has 5 heteroatoms. The van der Waals surface area contributed by atoms with Gasteiger partial charge in [-0.2, -0.15) is 0 Å². The molecular formula is C8H5ClN2O2. The van der Waals surface area contributed by atoms with Gasteiger partial charge in [-0.1, -0.05) is 11.6 Å². The number of hydrogen-bond acceptors (Lipinski definition) is 3. The molecule has 2 aromatic rings. The summed E-state index contributed by atoms with van der Waals surface area (Å²) < 4.78 is 5.09. The number of H-pyrrole nitrogens is 1. The molecule has 0 aliphatic heterocycles. The topological polar surface area (TPSA) is 58.9 Å². The lowest BCUT2D eigenvalue weighted by Gasteiger charge is -1.97. The maximum Gasteiger partial charge on any atom is 0.346 e. The molecule has 4 nitrogen and oxygen atoms in total. The van der Waals surface area contributed by atoms with Crippen molar-refractivity contribution in [2.24, 2.45) is 0 Å². The average Bonchev–Trinajstić information content (AvgIpc) is 2.56. The van der Waals surface area contributed by atoms with Gasteiger partial charge in [0.05, 0.1) is 11.8 Å². The zero-order valence-corrected chi connectivity index (χ0v) is 7.21. The molecule has 1 N–H and O–H groups in total. The molecule has 66 valence electrons. The van der Waals surface area contributed by atoms with Crippen molar-refractivity contribution in [2.75, 3.05) is 0 Å². The number of halogens is 1. The van der Waals surface area contributed by atoms with Gasteiger partial charge < -0.3 is 4.42 Å². The summed E-state index contributed by atoms with van der Waals surface area (Å²) in [6.45, 7) is 0. The number of hydrogen-bond donors (Lipinski definition) is 1. The third-order valence-electron chi connectivity index (χ3n) is 1.55. The van der Waals surface area contributed by atoms with E-state index in [2.05, 4.69) is 9.97 Å². The number of furan rings is 1. The van der Waals surface area contributed by atoms with E-state index in [9.17, 15) is 4.79 Å². The van der Waals surface area contributed by atoms with Gasteiger partial charge >= 0.3 is 5.69 Å². The number of nitrogens with one attached hydrogen (secondary N) is 1. The molecule has 2 aromatic heterocycles. The van der Waals surface area contributed by atoms with E-state index in [-0.39, 0.29) is 5.15 Å². The highest BCUT2D eigenvalue weighted by Gasteiger charge is 2.06. The van der Waals surface area contributed by atoms with Crippen LogP contribution in [0.25, 0.3) is 11.3 Å². The van der Waals surface area contributed by atoms with Crippen molar-refractivity contribution in [1.82, 2.24) is 9.97 Å². The van der Waals surface area contributed by atoms with E-state index in [4.69, 9.17) is 16.0 Å². The lowest BCUT2D eigenvalue weighted by atomic mass is 10.3.